The van der Waals surface area contributed by atoms with E-state index in [4.69, 9.17) is 0 Å². The summed E-state index contributed by atoms with van der Waals surface area (Å²) < 4.78 is 0. The van der Waals surface area contributed by atoms with Crippen molar-refractivity contribution in [2.45, 2.75) is 27.2 Å². The third kappa shape index (κ3) is 2.27. The molecule has 3 aromatic rings. The van der Waals surface area contributed by atoms with Crippen LogP contribution >= 0.6 is 0 Å². The van der Waals surface area contributed by atoms with E-state index >= 15 is 0 Å². The molecule has 0 spiro atoms. The Hall–Kier alpha value is -2.35. The number of hydrogen-bond donors (Lipinski definition) is 1. The number of rotatable bonds is 3. The van der Waals surface area contributed by atoms with E-state index in [0.29, 0.717) is 0 Å². The maximum absolute atomic E-state index is 11.6. The lowest BCUT2D eigenvalue weighted by Gasteiger charge is -2.04. The standard InChI is InChI=1S/C19H19NO/c1-4-14-6-8-18-16(10-14)17(11-21)19(20-18)15-7-5-12(2)13(3)9-15/h5-11,20H,4H2,1-3H3. The number of aromatic amines is 1. The minimum Gasteiger partial charge on any atom is -0.354 e. The second-order valence-electron chi connectivity index (χ2n) is 5.56. The van der Waals surface area contributed by atoms with Gasteiger partial charge in [-0.2, -0.15) is 0 Å². The Morgan fingerprint density at radius 1 is 1.05 bits per heavy atom. The van der Waals surface area contributed by atoms with Crippen molar-refractivity contribution in [1.82, 2.24) is 4.98 Å². The van der Waals surface area contributed by atoms with Gasteiger partial charge in [-0.05, 0) is 60.7 Å². The molecule has 1 heterocycles. The van der Waals surface area contributed by atoms with E-state index in [9.17, 15) is 4.79 Å². The van der Waals surface area contributed by atoms with Crippen LogP contribution in [0, 0.1) is 13.8 Å². The molecule has 21 heavy (non-hydrogen) atoms. The van der Waals surface area contributed by atoms with E-state index in [2.05, 4.69) is 62.2 Å². The van der Waals surface area contributed by atoms with Crippen molar-refractivity contribution >= 4 is 17.2 Å². The highest BCUT2D eigenvalue weighted by Crippen LogP contribution is 2.30. The number of aromatic nitrogens is 1. The van der Waals surface area contributed by atoms with E-state index < -0.39 is 0 Å². The summed E-state index contributed by atoms with van der Waals surface area (Å²) in [5.74, 6) is 0. The monoisotopic (exact) mass is 277 g/mol. The van der Waals surface area contributed by atoms with Gasteiger partial charge in [0.15, 0.2) is 6.29 Å². The Balaban J connectivity index is 2.26. The van der Waals surface area contributed by atoms with E-state index in [1.54, 1.807) is 0 Å². The molecule has 0 bridgehead atoms. The molecule has 0 unspecified atom stereocenters. The van der Waals surface area contributed by atoms with Gasteiger partial charge in [-0.15, -0.1) is 0 Å². The molecule has 0 radical (unpaired) electrons. The summed E-state index contributed by atoms with van der Waals surface area (Å²) in [7, 11) is 0. The van der Waals surface area contributed by atoms with Crippen LogP contribution in [0.2, 0.25) is 0 Å². The molecule has 2 aromatic carbocycles. The summed E-state index contributed by atoms with van der Waals surface area (Å²) in [6, 6.07) is 12.6. The Morgan fingerprint density at radius 3 is 2.52 bits per heavy atom. The molecule has 0 fully saturated rings. The largest absolute Gasteiger partial charge is 0.354 e. The molecule has 3 rings (SSSR count). The molecule has 106 valence electrons. The van der Waals surface area contributed by atoms with Gasteiger partial charge < -0.3 is 4.98 Å². The Morgan fingerprint density at radius 2 is 1.86 bits per heavy atom. The number of aldehydes is 1. The van der Waals surface area contributed by atoms with Crippen LogP contribution in [0.5, 0.6) is 0 Å². The second-order valence-corrected chi connectivity index (χ2v) is 5.56. The van der Waals surface area contributed by atoms with Crippen LogP contribution in [0.25, 0.3) is 22.2 Å². The van der Waals surface area contributed by atoms with Gasteiger partial charge in [-0.25, -0.2) is 0 Å². The number of carbonyl (C=O) groups excluding carboxylic acids is 1. The average Bonchev–Trinajstić information content (AvgIpc) is 2.87. The van der Waals surface area contributed by atoms with Gasteiger partial charge in [0.25, 0.3) is 0 Å². The summed E-state index contributed by atoms with van der Waals surface area (Å²) in [4.78, 5) is 15.0. The van der Waals surface area contributed by atoms with Gasteiger partial charge in [0, 0.05) is 16.5 Å². The predicted octanol–water partition coefficient (Wildman–Crippen LogP) is 4.83. The molecular formula is C19H19NO. The number of benzene rings is 2. The Labute approximate surface area is 124 Å². The molecule has 1 aromatic heterocycles. The summed E-state index contributed by atoms with van der Waals surface area (Å²) in [5.41, 5.74) is 7.49. The highest BCUT2D eigenvalue weighted by Gasteiger charge is 2.13. The van der Waals surface area contributed by atoms with Gasteiger partial charge in [-0.1, -0.05) is 25.1 Å². The molecule has 1 N–H and O–H groups in total. The maximum Gasteiger partial charge on any atom is 0.152 e. The Kier molecular flexibility index (Phi) is 3.38. The topological polar surface area (TPSA) is 32.9 Å². The third-order valence-electron chi connectivity index (χ3n) is 4.22. The van der Waals surface area contributed by atoms with Crippen LogP contribution in [-0.2, 0) is 6.42 Å². The first kappa shape index (κ1) is 13.6. The van der Waals surface area contributed by atoms with Crippen LogP contribution in [0.15, 0.2) is 36.4 Å². The summed E-state index contributed by atoms with van der Waals surface area (Å²) >= 11 is 0. The molecular weight excluding hydrogens is 258 g/mol. The van der Waals surface area contributed by atoms with Crippen molar-refractivity contribution in [2.75, 3.05) is 0 Å². The van der Waals surface area contributed by atoms with Crippen molar-refractivity contribution in [1.29, 1.82) is 0 Å². The van der Waals surface area contributed by atoms with Crippen LogP contribution in [0.4, 0.5) is 0 Å². The van der Waals surface area contributed by atoms with Crippen LogP contribution in [0.3, 0.4) is 0 Å². The third-order valence-corrected chi connectivity index (χ3v) is 4.22. The van der Waals surface area contributed by atoms with Gasteiger partial charge in [-0.3, -0.25) is 4.79 Å². The predicted molar refractivity (Wildman–Crippen MR) is 88.0 cm³/mol. The first-order valence-corrected chi connectivity index (χ1v) is 7.31. The fourth-order valence-electron chi connectivity index (χ4n) is 2.73. The number of hydrogen-bond acceptors (Lipinski definition) is 1. The van der Waals surface area contributed by atoms with E-state index in [1.165, 1.54) is 16.7 Å². The fraction of sp³-hybridized carbons (Fsp3) is 0.211. The molecule has 0 aliphatic heterocycles. The molecule has 2 nitrogen and oxygen atoms in total. The highest BCUT2D eigenvalue weighted by atomic mass is 16.1. The van der Waals surface area contributed by atoms with Crippen LogP contribution in [-0.4, -0.2) is 11.3 Å². The number of fused-ring (bicyclic) bond motifs is 1. The molecule has 2 heteroatoms. The number of aryl methyl sites for hydroxylation is 3. The molecule has 0 amide bonds. The molecule has 0 saturated carbocycles. The first-order chi connectivity index (χ1) is 10.1. The number of nitrogens with one attached hydrogen (secondary N) is 1. The van der Waals surface area contributed by atoms with E-state index in [1.807, 2.05) is 0 Å². The summed E-state index contributed by atoms with van der Waals surface area (Å²) in [5, 5.41) is 1.01. The zero-order chi connectivity index (χ0) is 15.0. The van der Waals surface area contributed by atoms with Crippen molar-refractivity contribution in [3.8, 4) is 11.3 Å². The minimum atomic E-state index is 0.753. The van der Waals surface area contributed by atoms with E-state index in [0.717, 1.165) is 40.4 Å². The number of H-pyrrole nitrogens is 1. The lowest BCUT2D eigenvalue weighted by atomic mass is 10.0. The van der Waals surface area contributed by atoms with Crippen molar-refractivity contribution < 1.29 is 4.79 Å². The highest BCUT2D eigenvalue weighted by molar-refractivity contribution is 6.04. The molecule has 0 atom stereocenters. The quantitative estimate of drug-likeness (QED) is 0.683. The minimum absolute atomic E-state index is 0.753. The van der Waals surface area contributed by atoms with Crippen LogP contribution < -0.4 is 0 Å². The van der Waals surface area contributed by atoms with Gasteiger partial charge in [0.1, 0.15) is 0 Å². The van der Waals surface area contributed by atoms with Gasteiger partial charge >= 0.3 is 0 Å². The van der Waals surface area contributed by atoms with Gasteiger partial charge in [0.05, 0.1) is 5.69 Å². The lowest BCUT2D eigenvalue weighted by Crippen LogP contribution is -1.87. The molecule has 0 aliphatic carbocycles. The summed E-state index contributed by atoms with van der Waals surface area (Å²) in [6.07, 6.45) is 1.93. The van der Waals surface area contributed by atoms with Crippen molar-refractivity contribution in [3.63, 3.8) is 0 Å². The molecule has 0 aliphatic rings. The smallest absolute Gasteiger partial charge is 0.152 e. The average molecular weight is 277 g/mol. The zero-order valence-electron chi connectivity index (χ0n) is 12.7. The Bertz CT molecular complexity index is 827. The van der Waals surface area contributed by atoms with Crippen LogP contribution in [0.1, 0.15) is 34.0 Å². The lowest BCUT2D eigenvalue weighted by molar-refractivity contribution is 0.112. The maximum atomic E-state index is 11.6. The number of carbonyl (C=O) groups is 1. The van der Waals surface area contributed by atoms with Crippen molar-refractivity contribution in [3.05, 3.63) is 58.7 Å². The second kappa shape index (κ2) is 5.21. The summed E-state index contributed by atoms with van der Waals surface area (Å²) in [6.45, 7) is 6.31. The van der Waals surface area contributed by atoms with Gasteiger partial charge in [0.2, 0.25) is 0 Å². The SMILES string of the molecule is CCc1ccc2[nH]c(-c3ccc(C)c(C)c3)c(C=O)c2c1. The first-order valence-electron chi connectivity index (χ1n) is 7.31. The normalized spacial score (nSPS) is 11.0. The van der Waals surface area contributed by atoms with E-state index in [-0.39, 0.29) is 0 Å². The molecule has 0 saturated heterocycles. The van der Waals surface area contributed by atoms with Crippen molar-refractivity contribution in [2.24, 2.45) is 0 Å². The zero-order valence-corrected chi connectivity index (χ0v) is 12.7. The fourth-order valence-corrected chi connectivity index (χ4v) is 2.73.